The Kier molecular flexibility index (Phi) is 6.48. The number of hydrogen-bond acceptors (Lipinski definition) is 4. The molecule has 1 amide bonds. The van der Waals surface area contributed by atoms with E-state index in [1.165, 1.54) is 11.8 Å². The summed E-state index contributed by atoms with van der Waals surface area (Å²) in [5, 5.41) is 15.3. The summed E-state index contributed by atoms with van der Waals surface area (Å²) in [6, 6.07) is 0. The third-order valence-electron chi connectivity index (χ3n) is 2.74. The zero-order valence-corrected chi connectivity index (χ0v) is 11.5. The Morgan fingerprint density at radius 1 is 1.56 bits per heavy atom. The van der Waals surface area contributed by atoms with Gasteiger partial charge in [-0.1, -0.05) is 32.3 Å². The van der Waals surface area contributed by atoms with Gasteiger partial charge in [0.2, 0.25) is 5.91 Å². The third kappa shape index (κ3) is 3.70. The lowest BCUT2D eigenvalue weighted by molar-refractivity contribution is -0.125. The van der Waals surface area contributed by atoms with Gasteiger partial charge in [0.05, 0.1) is 5.92 Å². The van der Waals surface area contributed by atoms with Gasteiger partial charge in [0.1, 0.15) is 5.04 Å². The van der Waals surface area contributed by atoms with Crippen LogP contribution in [0.4, 0.5) is 0 Å². The van der Waals surface area contributed by atoms with Crippen LogP contribution in [0.5, 0.6) is 0 Å². The zero-order valence-electron chi connectivity index (χ0n) is 10.7. The first-order valence-corrected chi connectivity index (χ1v) is 6.64. The molecule has 16 heavy (non-hydrogen) atoms. The van der Waals surface area contributed by atoms with Crippen LogP contribution >= 0.6 is 11.8 Å². The fourth-order valence-corrected chi connectivity index (χ4v) is 2.69. The molecule has 94 valence electrons. The molecule has 1 atom stereocenters. The second-order valence-electron chi connectivity index (χ2n) is 4.43. The fraction of sp³-hybridized carbons (Fsp3) is 0.818. The lowest BCUT2D eigenvalue weighted by Crippen LogP contribution is -2.41. The van der Waals surface area contributed by atoms with Crippen molar-refractivity contribution in [1.82, 2.24) is 5.32 Å². The van der Waals surface area contributed by atoms with Crippen LogP contribution < -0.4 is 5.32 Å². The van der Waals surface area contributed by atoms with Crippen LogP contribution in [0.2, 0.25) is 0 Å². The van der Waals surface area contributed by atoms with Gasteiger partial charge in [-0.2, -0.15) is 0 Å². The molecule has 0 saturated heterocycles. The number of oxime groups is 1. The number of rotatable bonds is 5. The molecule has 0 fully saturated rings. The normalized spacial score (nSPS) is 14.7. The molecule has 0 aliphatic rings. The average Bonchev–Trinajstić information content (AvgIpc) is 2.24. The molecule has 0 spiro atoms. The van der Waals surface area contributed by atoms with E-state index in [0.717, 1.165) is 12.8 Å². The molecular formula is C11H22N2O2S. The van der Waals surface area contributed by atoms with Crippen molar-refractivity contribution in [2.75, 3.05) is 13.3 Å². The predicted molar refractivity (Wildman–Crippen MR) is 69.0 cm³/mol. The summed E-state index contributed by atoms with van der Waals surface area (Å²) in [5.41, 5.74) is -0.209. The number of nitrogens with one attached hydrogen (secondary N) is 1. The van der Waals surface area contributed by atoms with Crippen LogP contribution in [0.3, 0.4) is 0 Å². The second kappa shape index (κ2) is 6.78. The second-order valence-corrected chi connectivity index (χ2v) is 5.25. The molecule has 5 heteroatoms. The maximum atomic E-state index is 11.9. The molecule has 0 aromatic heterocycles. The molecule has 0 heterocycles. The first-order chi connectivity index (χ1) is 7.44. The van der Waals surface area contributed by atoms with Crippen molar-refractivity contribution >= 4 is 22.7 Å². The maximum absolute atomic E-state index is 11.9. The number of nitrogens with zero attached hydrogens (tertiary/aromatic N) is 1. The van der Waals surface area contributed by atoms with Crippen LogP contribution in [-0.2, 0) is 4.79 Å². The summed E-state index contributed by atoms with van der Waals surface area (Å²) in [5.74, 6) is -0.488. The molecule has 0 radical (unpaired) electrons. The van der Waals surface area contributed by atoms with Gasteiger partial charge in [0, 0.05) is 7.05 Å². The Bertz CT molecular complexity index is 265. The van der Waals surface area contributed by atoms with Crippen molar-refractivity contribution in [1.29, 1.82) is 0 Å². The molecular weight excluding hydrogens is 224 g/mol. The molecule has 0 aliphatic heterocycles. The average molecular weight is 246 g/mol. The van der Waals surface area contributed by atoms with Gasteiger partial charge in [-0.15, -0.1) is 11.8 Å². The van der Waals surface area contributed by atoms with Gasteiger partial charge in [-0.3, -0.25) is 4.79 Å². The van der Waals surface area contributed by atoms with E-state index in [1.807, 2.05) is 20.1 Å². The molecule has 0 aliphatic carbocycles. The van der Waals surface area contributed by atoms with Gasteiger partial charge in [0.15, 0.2) is 0 Å². The van der Waals surface area contributed by atoms with E-state index in [2.05, 4.69) is 17.4 Å². The summed E-state index contributed by atoms with van der Waals surface area (Å²) in [6.45, 7) is 6.13. The Balaban J connectivity index is 5.15. The van der Waals surface area contributed by atoms with Crippen LogP contribution in [0, 0.1) is 11.3 Å². The minimum Gasteiger partial charge on any atom is -0.410 e. The smallest absolute Gasteiger partial charge is 0.230 e. The number of amides is 1. The molecule has 0 saturated carbocycles. The van der Waals surface area contributed by atoms with E-state index in [-0.39, 0.29) is 11.3 Å². The zero-order chi connectivity index (χ0) is 12.8. The molecule has 0 bridgehead atoms. The Hall–Kier alpha value is -0.710. The topological polar surface area (TPSA) is 61.7 Å². The van der Waals surface area contributed by atoms with Crippen molar-refractivity contribution in [2.45, 2.75) is 33.6 Å². The lowest BCUT2D eigenvalue weighted by Gasteiger charge is -2.32. The highest BCUT2D eigenvalue weighted by atomic mass is 32.2. The highest BCUT2D eigenvalue weighted by Crippen LogP contribution is 2.35. The van der Waals surface area contributed by atoms with Gasteiger partial charge < -0.3 is 10.5 Å². The lowest BCUT2D eigenvalue weighted by atomic mass is 9.75. The van der Waals surface area contributed by atoms with Gasteiger partial charge in [-0.05, 0) is 18.1 Å². The van der Waals surface area contributed by atoms with Crippen molar-refractivity contribution in [3.05, 3.63) is 0 Å². The van der Waals surface area contributed by atoms with Gasteiger partial charge >= 0.3 is 0 Å². The number of thioether (sulfide) groups is 1. The van der Waals surface area contributed by atoms with E-state index < -0.39 is 5.92 Å². The Morgan fingerprint density at radius 3 is 2.44 bits per heavy atom. The highest BCUT2D eigenvalue weighted by Gasteiger charge is 2.38. The van der Waals surface area contributed by atoms with E-state index in [9.17, 15) is 4.79 Å². The summed E-state index contributed by atoms with van der Waals surface area (Å²) in [4.78, 5) is 11.9. The van der Waals surface area contributed by atoms with Gasteiger partial charge in [0.25, 0.3) is 0 Å². The minimum atomic E-state index is -0.391. The first-order valence-electron chi connectivity index (χ1n) is 5.42. The number of hydrogen-bond donors (Lipinski definition) is 2. The Labute approximate surface area is 102 Å². The van der Waals surface area contributed by atoms with Crippen LogP contribution in [0.1, 0.15) is 33.6 Å². The van der Waals surface area contributed by atoms with Crippen molar-refractivity contribution < 1.29 is 10.0 Å². The first kappa shape index (κ1) is 15.3. The maximum Gasteiger partial charge on any atom is 0.230 e. The van der Waals surface area contributed by atoms with E-state index in [1.54, 1.807) is 7.05 Å². The monoisotopic (exact) mass is 246 g/mol. The third-order valence-corrected chi connectivity index (χ3v) is 3.47. The molecule has 4 nitrogen and oxygen atoms in total. The summed E-state index contributed by atoms with van der Waals surface area (Å²) < 4.78 is 0. The van der Waals surface area contributed by atoms with Crippen LogP contribution in [0.15, 0.2) is 5.16 Å². The Morgan fingerprint density at radius 2 is 2.12 bits per heavy atom. The summed E-state index contributed by atoms with van der Waals surface area (Å²) in [7, 11) is 1.60. The molecule has 0 rings (SSSR count). The number of carbonyl (C=O) groups excluding carboxylic acids is 1. The number of carbonyl (C=O) groups is 1. The molecule has 0 aromatic rings. The van der Waals surface area contributed by atoms with E-state index in [0.29, 0.717) is 5.04 Å². The van der Waals surface area contributed by atoms with Crippen molar-refractivity contribution in [2.24, 2.45) is 16.5 Å². The molecule has 0 aromatic carbocycles. The highest BCUT2D eigenvalue weighted by molar-refractivity contribution is 8.13. The fourth-order valence-electron chi connectivity index (χ4n) is 1.95. The molecule has 1 unspecified atom stereocenters. The van der Waals surface area contributed by atoms with E-state index >= 15 is 0 Å². The van der Waals surface area contributed by atoms with Gasteiger partial charge in [-0.25, -0.2) is 0 Å². The van der Waals surface area contributed by atoms with Crippen molar-refractivity contribution in [3.63, 3.8) is 0 Å². The summed E-state index contributed by atoms with van der Waals surface area (Å²) in [6.07, 6.45) is 3.71. The summed E-state index contributed by atoms with van der Waals surface area (Å²) >= 11 is 1.31. The largest absolute Gasteiger partial charge is 0.410 e. The predicted octanol–water partition coefficient (Wildman–Crippen LogP) is 2.33. The van der Waals surface area contributed by atoms with E-state index in [4.69, 9.17) is 5.21 Å². The standard InChI is InChI=1S/C11H22N2O2S/c1-6-7-11(2,3)8(9(14)12-4)10(13-15)16-5/h8,15H,6-7H2,1-5H3,(H,12,14)/b13-10-. The minimum absolute atomic E-state index is 0.0967. The van der Waals surface area contributed by atoms with Crippen molar-refractivity contribution in [3.8, 4) is 0 Å². The SMILES string of the molecule is CCCC(C)(C)C(C(=O)NC)/C(=N/O)SC. The molecule has 2 N–H and O–H groups in total. The van der Waals surface area contributed by atoms with Crippen LogP contribution in [0.25, 0.3) is 0 Å². The van der Waals surface area contributed by atoms with Crippen LogP contribution in [-0.4, -0.2) is 29.5 Å². The quantitative estimate of drug-likeness (QED) is 0.339.